The molecule has 3 aromatic rings. The first-order chi connectivity index (χ1) is 10.1. The van der Waals surface area contributed by atoms with Gasteiger partial charge < -0.3 is 10.4 Å². The number of hydrogen-bond acceptors (Lipinski definition) is 3. The van der Waals surface area contributed by atoms with Gasteiger partial charge in [0.15, 0.2) is 0 Å². The summed E-state index contributed by atoms with van der Waals surface area (Å²) in [5.74, 6) is -0.328. The molecule has 0 aliphatic rings. The Morgan fingerprint density at radius 2 is 1.90 bits per heavy atom. The highest BCUT2D eigenvalue weighted by Gasteiger charge is 2.09. The van der Waals surface area contributed by atoms with Crippen molar-refractivity contribution in [3.8, 4) is 0 Å². The summed E-state index contributed by atoms with van der Waals surface area (Å²) in [6, 6.07) is 15.8. The minimum Gasteiger partial charge on any atom is -0.478 e. The molecule has 0 atom stereocenters. The standard InChI is InChI=1S/C16H11ClN2O2/c17-10-3-1-4-11(9-10)18-15-8-7-12-13(16(20)21)5-2-6-14(12)19-15/h1-9H,(H,18,19)(H,20,21). The molecule has 0 radical (unpaired) electrons. The molecular weight excluding hydrogens is 288 g/mol. The number of carboxylic acid groups (broad SMARTS) is 1. The fourth-order valence-corrected chi connectivity index (χ4v) is 2.32. The molecule has 1 heterocycles. The number of nitrogens with zero attached hydrogens (tertiary/aromatic N) is 1. The first kappa shape index (κ1) is 13.4. The van der Waals surface area contributed by atoms with Crippen LogP contribution in [0.5, 0.6) is 0 Å². The smallest absolute Gasteiger partial charge is 0.336 e. The SMILES string of the molecule is O=C(O)c1cccc2nc(Nc3cccc(Cl)c3)ccc12. The zero-order valence-electron chi connectivity index (χ0n) is 10.9. The molecule has 2 N–H and O–H groups in total. The highest BCUT2D eigenvalue weighted by Crippen LogP contribution is 2.23. The molecule has 0 bridgehead atoms. The molecule has 0 amide bonds. The quantitative estimate of drug-likeness (QED) is 0.755. The number of pyridine rings is 1. The number of benzene rings is 2. The van der Waals surface area contributed by atoms with Gasteiger partial charge in [0.2, 0.25) is 0 Å². The van der Waals surface area contributed by atoms with Gasteiger partial charge in [-0.15, -0.1) is 0 Å². The van der Waals surface area contributed by atoms with E-state index in [-0.39, 0.29) is 5.56 Å². The molecular formula is C16H11ClN2O2. The Kier molecular flexibility index (Phi) is 3.46. The molecule has 3 rings (SSSR count). The Labute approximate surface area is 126 Å². The van der Waals surface area contributed by atoms with Crippen LogP contribution in [0.15, 0.2) is 54.6 Å². The molecule has 0 fully saturated rings. The second-order valence-corrected chi connectivity index (χ2v) is 4.95. The zero-order chi connectivity index (χ0) is 14.8. The summed E-state index contributed by atoms with van der Waals surface area (Å²) in [6.07, 6.45) is 0. The number of hydrogen-bond donors (Lipinski definition) is 2. The number of fused-ring (bicyclic) bond motifs is 1. The van der Waals surface area contributed by atoms with Crippen molar-refractivity contribution in [2.45, 2.75) is 0 Å². The summed E-state index contributed by atoms with van der Waals surface area (Å²) >= 11 is 5.94. The van der Waals surface area contributed by atoms with Crippen LogP contribution in [0.4, 0.5) is 11.5 Å². The van der Waals surface area contributed by atoms with E-state index < -0.39 is 5.97 Å². The zero-order valence-corrected chi connectivity index (χ0v) is 11.6. The molecule has 0 unspecified atom stereocenters. The van der Waals surface area contributed by atoms with E-state index in [4.69, 9.17) is 16.7 Å². The second kappa shape index (κ2) is 5.42. The molecule has 0 saturated heterocycles. The Morgan fingerprint density at radius 3 is 2.67 bits per heavy atom. The Morgan fingerprint density at radius 1 is 1.10 bits per heavy atom. The van der Waals surface area contributed by atoms with Crippen molar-refractivity contribution in [1.82, 2.24) is 4.98 Å². The highest BCUT2D eigenvalue weighted by atomic mass is 35.5. The van der Waals surface area contributed by atoms with Gasteiger partial charge in [-0.1, -0.05) is 23.7 Å². The van der Waals surface area contributed by atoms with E-state index in [9.17, 15) is 4.79 Å². The normalized spacial score (nSPS) is 10.5. The molecule has 0 saturated carbocycles. The van der Waals surface area contributed by atoms with Crippen molar-refractivity contribution in [3.63, 3.8) is 0 Å². The summed E-state index contributed by atoms with van der Waals surface area (Å²) in [5, 5.41) is 13.5. The van der Waals surface area contributed by atoms with Crippen LogP contribution >= 0.6 is 11.6 Å². The summed E-state index contributed by atoms with van der Waals surface area (Å²) in [7, 11) is 0. The van der Waals surface area contributed by atoms with Gasteiger partial charge in [0.25, 0.3) is 0 Å². The van der Waals surface area contributed by atoms with Crippen molar-refractivity contribution in [2.75, 3.05) is 5.32 Å². The molecule has 0 aliphatic carbocycles. The summed E-state index contributed by atoms with van der Waals surface area (Å²) in [4.78, 5) is 15.6. The van der Waals surface area contributed by atoms with Crippen molar-refractivity contribution < 1.29 is 9.90 Å². The van der Waals surface area contributed by atoms with Gasteiger partial charge >= 0.3 is 5.97 Å². The van der Waals surface area contributed by atoms with E-state index in [1.807, 2.05) is 12.1 Å². The third-order valence-corrected chi connectivity index (χ3v) is 3.29. The van der Waals surface area contributed by atoms with Crippen LogP contribution in [0.25, 0.3) is 10.9 Å². The van der Waals surface area contributed by atoms with Crippen LogP contribution in [-0.4, -0.2) is 16.1 Å². The number of halogens is 1. The van der Waals surface area contributed by atoms with Gasteiger partial charge in [-0.05, 0) is 42.5 Å². The van der Waals surface area contributed by atoms with Crippen LogP contribution in [-0.2, 0) is 0 Å². The minimum atomic E-state index is -0.960. The molecule has 2 aromatic carbocycles. The van der Waals surface area contributed by atoms with Crippen molar-refractivity contribution in [1.29, 1.82) is 0 Å². The molecule has 5 heteroatoms. The van der Waals surface area contributed by atoms with Crippen molar-refractivity contribution in [3.05, 3.63) is 65.2 Å². The second-order valence-electron chi connectivity index (χ2n) is 4.51. The number of nitrogens with one attached hydrogen (secondary N) is 1. The lowest BCUT2D eigenvalue weighted by atomic mass is 10.1. The van der Waals surface area contributed by atoms with Crippen LogP contribution in [0.3, 0.4) is 0 Å². The van der Waals surface area contributed by atoms with E-state index in [0.29, 0.717) is 21.7 Å². The molecule has 1 aromatic heterocycles. The maximum Gasteiger partial charge on any atom is 0.336 e. The number of aromatic nitrogens is 1. The third-order valence-electron chi connectivity index (χ3n) is 3.06. The topological polar surface area (TPSA) is 62.2 Å². The Balaban J connectivity index is 2.00. The van der Waals surface area contributed by atoms with Gasteiger partial charge in [-0.2, -0.15) is 0 Å². The number of rotatable bonds is 3. The van der Waals surface area contributed by atoms with E-state index in [0.717, 1.165) is 5.69 Å². The van der Waals surface area contributed by atoms with Crippen LogP contribution in [0.1, 0.15) is 10.4 Å². The predicted octanol–water partition coefficient (Wildman–Crippen LogP) is 4.33. The maximum absolute atomic E-state index is 11.2. The Hall–Kier alpha value is -2.59. The van der Waals surface area contributed by atoms with E-state index in [2.05, 4.69) is 10.3 Å². The summed E-state index contributed by atoms with van der Waals surface area (Å²) in [5.41, 5.74) is 1.69. The van der Waals surface area contributed by atoms with Crippen LogP contribution in [0, 0.1) is 0 Å². The highest BCUT2D eigenvalue weighted by molar-refractivity contribution is 6.30. The molecule has 21 heavy (non-hydrogen) atoms. The van der Waals surface area contributed by atoms with E-state index in [1.165, 1.54) is 0 Å². The van der Waals surface area contributed by atoms with Gasteiger partial charge in [-0.3, -0.25) is 0 Å². The third kappa shape index (κ3) is 2.80. The van der Waals surface area contributed by atoms with E-state index >= 15 is 0 Å². The number of anilines is 2. The van der Waals surface area contributed by atoms with Gasteiger partial charge in [-0.25, -0.2) is 9.78 Å². The van der Waals surface area contributed by atoms with Gasteiger partial charge in [0.1, 0.15) is 5.82 Å². The average molecular weight is 299 g/mol. The largest absolute Gasteiger partial charge is 0.478 e. The Bertz CT molecular complexity index is 833. The lowest BCUT2D eigenvalue weighted by molar-refractivity contribution is 0.0699. The number of carbonyl (C=O) groups is 1. The molecule has 4 nitrogen and oxygen atoms in total. The van der Waals surface area contributed by atoms with Crippen molar-refractivity contribution in [2.24, 2.45) is 0 Å². The summed E-state index contributed by atoms with van der Waals surface area (Å²) in [6.45, 7) is 0. The molecule has 0 aliphatic heterocycles. The lowest BCUT2D eigenvalue weighted by Crippen LogP contribution is -1.99. The van der Waals surface area contributed by atoms with E-state index in [1.54, 1.807) is 42.5 Å². The first-order valence-corrected chi connectivity index (χ1v) is 6.67. The summed E-state index contributed by atoms with van der Waals surface area (Å²) < 4.78 is 0. The van der Waals surface area contributed by atoms with Crippen LogP contribution in [0.2, 0.25) is 5.02 Å². The average Bonchev–Trinajstić information content (AvgIpc) is 2.46. The monoisotopic (exact) mass is 298 g/mol. The van der Waals surface area contributed by atoms with Gasteiger partial charge in [0, 0.05) is 16.1 Å². The maximum atomic E-state index is 11.2. The van der Waals surface area contributed by atoms with Crippen molar-refractivity contribution >= 4 is 40.0 Å². The molecule has 104 valence electrons. The predicted molar refractivity (Wildman–Crippen MR) is 83.4 cm³/mol. The number of aromatic carboxylic acids is 1. The molecule has 0 spiro atoms. The minimum absolute atomic E-state index is 0.245. The van der Waals surface area contributed by atoms with Gasteiger partial charge in [0.05, 0.1) is 11.1 Å². The lowest BCUT2D eigenvalue weighted by Gasteiger charge is -2.08. The first-order valence-electron chi connectivity index (χ1n) is 6.29. The number of carboxylic acids is 1. The fourth-order valence-electron chi connectivity index (χ4n) is 2.13. The van der Waals surface area contributed by atoms with Crippen LogP contribution < -0.4 is 5.32 Å². The fraction of sp³-hybridized carbons (Fsp3) is 0.